The van der Waals surface area contributed by atoms with Crippen LogP contribution in [0.3, 0.4) is 0 Å². The molecule has 1 aromatic heterocycles. The molecule has 2 aliphatic carbocycles. The summed E-state index contributed by atoms with van der Waals surface area (Å²) in [4.78, 5) is 15.9. The van der Waals surface area contributed by atoms with Crippen molar-refractivity contribution in [3.05, 3.63) is 23.0 Å². The number of nitrogens with one attached hydrogen (secondary N) is 1. The molecular weight excluding hydrogens is 266 g/mol. The minimum atomic E-state index is -0.722. The Labute approximate surface area is 124 Å². The van der Waals surface area contributed by atoms with Crippen LogP contribution in [0.15, 0.2) is 6.07 Å². The van der Waals surface area contributed by atoms with Crippen LogP contribution < -0.4 is 5.32 Å². The SMILES string of the molecule is Cc1cc(NC2C3CCC(C3)C2C(=O)O)c(C#N)c(C)n1. The van der Waals surface area contributed by atoms with Gasteiger partial charge < -0.3 is 10.4 Å². The number of carboxylic acid groups (broad SMARTS) is 1. The van der Waals surface area contributed by atoms with E-state index in [2.05, 4.69) is 16.4 Å². The van der Waals surface area contributed by atoms with E-state index < -0.39 is 5.97 Å². The zero-order valence-electron chi connectivity index (χ0n) is 12.3. The van der Waals surface area contributed by atoms with E-state index in [1.807, 2.05) is 19.9 Å². The first-order valence-electron chi connectivity index (χ1n) is 7.39. The fourth-order valence-corrected chi connectivity index (χ4v) is 4.12. The molecule has 1 heterocycles. The van der Waals surface area contributed by atoms with Gasteiger partial charge in [0, 0.05) is 11.7 Å². The first kappa shape index (κ1) is 13.9. The molecule has 0 saturated heterocycles. The number of aryl methyl sites for hydroxylation is 2. The first-order chi connectivity index (χ1) is 10.0. The van der Waals surface area contributed by atoms with Crippen molar-refractivity contribution in [1.82, 2.24) is 4.98 Å². The number of hydrogen-bond acceptors (Lipinski definition) is 4. The van der Waals surface area contributed by atoms with Crippen LogP contribution >= 0.6 is 0 Å². The molecule has 21 heavy (non-hydrogen) atoms. The maximum atomic E-state index is 11.6. The summed E-state index contributed by atoms with van der Waals surface area (Å²) < 4.78 is 0. The van der Waals surface area contributed by atoms with Gasteiger partial charge in [-0.25, -0.2) is 0 Å². The molecule has 2 fully saturated rings. The molecule has 2 bridgehead atoms. The van der Waals surface area contributed by atoms with E-state index >= 15 is 0 Å². The van der Waals surface area contributed by atoms with Crippen molar-refractivity contribution in [1.29, 1.82) is 5.26 Å². The lowest BCUT2D eigenvalue weighted by Gasteiger charge is -2.30. The Morgan fingerprint density at radius 2 is 2.14 bits per heavy atom. The number of carbonyl (C=O) groups is 1. The van der Waals surface area contributed by atoms with Crippen molar-refractivity contribution < 1.29 is 9.90 Å². The fourth-order valence-electron chi connectivity index (χ4n) is 4.12. The van der Waals surface area contributed by atoms with Crippen molar-refractivity contribution in [3.63, 3.8) is 0 Å². The standard InChI is InChI=1S/C16H19N3O2/c1-8-5-13(12(7-17)9(2)18-8)19-15-11-4-3-10(6-11)14(15)16(20)21/h5,10-11,14-15H,3-4,6H2,1-2H3,(H,18,19)(H,20,21). The molecule has 2 aliphatic rings. The van der Waals surface area contributed by atoms with Gasteiger partial charge in [0.25, 0.3) is 0 Å². The second kappa shape index (κ2) is 5.03. The van der Waals surface area contributed by atoms with Gasteiger partial charge in [0.15, 0.2) is 0 Å². The van der Waals surface area contributed by atoms with E-state index in [9.17, 15) is 15.2 Å². The number of anilines is 1. The van der Waals surface area contributed by atoms with E-state index in [1.165, 1.54) is 0 Å². The third kappa shape index (κ3) is 2.25. The molecule has 0 spiro atoms. The molecule has 5 heteroatoms. The van der Waals surface area contributed by atoms with Crippen molar-refractivity contribution in [2.45, 2.75) is 39.2 Å². The summed E-state index contributed by atoms with van der Waals surface area (Å²) in [6, 6.07) is 3.95. The number of nitrogens with zero attached hydrogens (tertiary/aromatic N) is 2. The molecule has 4 unspecified atom stereocenters. The zero-order chi connectivity index (χ0) is 15.1. The van der Waals surface area contributed by atoms with Crippen LogP contribution in [0.4, 0.5) is 5.69 Å². The summed E-state index contributed by atoms with van der Waals surface area (Å²) in [7, 11) is 0. The number of fused-ring (bicyclic) bond motifs is 2. The lowest BCUT2D eigenvalue weighted by molar-refractivity contribution is -0.143. The smallest absolute Gasteiger partial charge is 0.308 e. The van der Waals surface area contributed by atoms with Gasteiger partial charge in [-0.2, -0.15) is 5.26 Å². The van der Waals surface area contributed by atoms with Crippen molar-refractivity contribution in [3.8, 4) is 6.07 Å². The monoisotopic (exact) mass is 285 g/mol. The van der Waals surface area contributed by atoms with E-state index in [4.69, 9.17) is 0 Å². The summed E-state index contributed by atoms with van der Waals surface area (Å²) in [6.07, 6.45) is 3.08. The molecule has 0 aliphatic heterocycles. The lowest BCUT2D eigenvalue weighted by Crippen LogP contribution is -2.39. The quantitative estimate of drug-likeness (QED) is 0.891. The van der Waals surface area contributed by atoms with E-state index in [0.717, 1.165) is 30.6 Å². The van der Waals surface area contributed by atoms with Gasteiger partial charge in [-0.1, -0.05) is 0 Å². The van der Waals surface area contributed by atoms with Crippen LogP contribution in [0, 0.1) is 42.9 Å². The number of pyridine rings is 1. The summed E-state index contributed by atoms with van der Waals surface area (Å²) in [5, 5.41) is 22.2. The molecular formula is C16H19N3O2. The minimum Gasteiger partial charge on any atom is -0.481 e. The Balaban J connectivity index is 1.93. The highest BCUT2D eigenvalue weighted by atomic mass is 16.4. The highest BCUT2D eigenvalue weighted by molar-refractivity contribution is 5.73. The van der Waals surface area contributed by atoms with E-state index in [-0.39, 0.29) is 17.9 Å². The topological polar surface area (TPSA) is 86.0 Å². The highest BCUT2D eigenvalue weighted by Crippen LogP contribution is 2.49. The number of aliphatic carboxylic acids is 1. The lowest BCUT2D eigenvalue weighted by atomic mass is 9.84. The molecule has 110 valence electrons. The Kier molecular flexibility index (Phi) is 3.32. The third-order valence-electron chi connectivity index (χ3n) is 4.96. The second-order valence-electron chi connectivity index (χ2n) is 6.25. The Hall–Kier alpha value is -2.09. The van der Waals surface area contributed by atoms with Crippen molar-refractivity contribution in [2.75, 3.05) is 5.32 Å². The largest absolute Gasteiger partial charge is 0.481 e. The maximum absolute atomic E-state index is 11.6. The van der Waals surface area contributed by atoms with E-state index in [1.54, 1.807) is 0 Å². The maximum Gasteiger partial charge on any atom is 0.308 e. The van der Waals surface area contributed by atoms with Gasteiger partial charge in [-0.15, -0.1) is 0 Å². The number of carboxylic acids is 1. The van der Waals surface area contributed by atoms with Gasteiger partial charge in [0.2, 0.25) is 0 Å². The average molecular weight is 285 g/mol. The number of hydrogen-bond donors (Lipinski definition) is 2. The summed E-state index contributed by atoms with van der Waals surface area (Å²) in [6.45, 7) is 3.70. The van der Waals surface area contributed by atoms with Crippen LogP contribution in [-0.4, -0.2) is 22.1 Å². The summed E-state index contributed by atoms with van der Waals surface area (Å²) >= 11 is 0. The number of nitriles is 1. The predicted molar refractivity (Wildman–Crippen MR) is 77.8 cm³/mol. The van der Waals surface area contributed by atoms with Crippen molar-refractivity contribution in [2.24, 2.45) is 17.8 Å². The normalized spacial score (nSPS) is 30.1. The molecule has 2 N–H and O–H groups in total. The van der Waals surface area contributed by atoms with Crippen LogP contribution in [0.2, 0.25) is 0 Å². The summed E-state index contributed by atoms with van der Waals surface area (Å²) in [5.41, 5.74) is 2.78. The molecule has 0 aromatic carbocycles. The van der Waals surface area contributed by atoms with Gasteiger partial charge >= 0.3 is 5.97 Å². The number of aromatic nitrogens is 1. The highest BCUT2D eigenvalue weighted by Gasteiger charge is 2.51. The van der Waals surface area contributed by atoms with E-state index in [0.29, 0.717) is 17.2 Å². The molecule has 5 nitrogen and oxygen atoms in total. The third-order valence-corrected chi connectivity index (χ3v) is 4.96. The van der Waals surface area contributed by atoms with Crippen LogP contribution in [0.5, 0.6) is 0 Å². The van der Waals surface area contributed by atoms with Gasteiger partial charge in [0.05, 0.1) is 22.9 Å². The van der Waals surface area contributed by atoms with Crippen LogP contribution in [0.25, 0.3) is 0 Å². The molecule has 2 saturated carbocycles. The van der Waals surface area contributed by atoms with Gasteiger partial charge in [-0.05, 0) is 51.0 Å². The Morgan fingerprint density at radius 1 is 1.43 bits per heavy atom. The Bertz CT molecular complexity index is 635. The molecule has 0 amide bonds. The molecule has 1 aromatic rings. The van der Waals surface area contributed by atoms with Crippen LogP contribution in [-0.2, 0) is 4.79 Å². The summed E-state index contributed by atoms with van der Waals surface area (Å²) in [5.74, 6) is -0.388. The van der Waals surface area contributed by atoms with Gasteiger partial charge in [-0.3, -0.25) is 9.78 Å². The fraction of sp³-hybridized carbons (Fsp3) is 0.562. The predicted octanol–water partition coefficient (Wildman–Crippen LogP) is 2.48. The van der Waals surface area contributed by atoms with Crippen molar-refractivity contribution >= 4 is 11.7 Å². The Morgan fingerprint density at radius 3 is 2.81 bits per heavy atom. The molecule has 3 rings (SSSR count). The first-order valence-corrected chi connectivity index (χ1v) is 7.39. The van der Waals surface area contributed by atoms with Gasteiger partial charge in [0.1, 0.15) is 6.07 Å². The molecule has 0 radical (unpaired) electrons. The van der Waals surface area contributed by atoms with Crippen LogP contribution in [0.1, 0.15) is 36.2 Å². The number of rotatable bonds is 3. The average Bonchev–Trinajstić information content (AvgIpc) is 2.98. The second-order valence-corrected chi connectivity index (χ2v) is 6.25. The zero-order valence-corrected chi connectivity index (χ0v) is 12.3. The minimum absolute atomic E-state index is 0.0745. The molecule has 4 atom stereocenters.